The Morgan fingerprint density at radius 3 is 0.733 bits per heavy atom. The second-order valence-electron chi connectivity index (χ2n) is 10.7. The first kappa shape index (κ1) is 30.0. The summed E-state index contributed by atoms with van der Waals surface area (Å²) < 4.78 is 0. The van der Waals surface area contributed by atoms with E-state index in [1.807, 2.05) is 0 Å². The molecule has 0 heteroatoms. The molecule has 2 atom stereocenters. The van der Waals surface area contributed by atoms with Crippen molar-refractivity contribution in [2.24, 2.45) is 11.8 Å². The van der Waals surface area contributed by atoms with Crippen molar-refractivity contribution in [3.63, 3.8) is 0 Å². The molecule has 0 rings (SSSR count). The fourth-order valence-electron chi connectivity index (χ4n) is 4.88. The third-order valence-corrected chi connectivity index (χ3v) is 7.24. The third-order valence-electron chi connectivity index (χ3n) is 7.24. The summed E-state index contributed by atoms with van der Waals surface area (Å²) in [6.07, 6.45) is 35.1. The van der Waals surface area contributed by atoms with Gasteiger partial charge in [0.25, 0.3) is 0 Å². The minimum atomic E-state index is 0.964. The number of rotatable bonds is 25. The Kier molecular flexibility index (Phi) is 25.3. The van der Waals surface area contributed by atoms with E-state index < -0.39 is 0 Å². The molecule has 0 N–H and O–H groups in total. The zero-order valence-electron chi connectivity index (χ0n) is 22.1. The third kappa shape index (κ3) is 24.3. The van der Waals surface area contributed by atoms with Crippen LogP contribution in [-0.2, 0) is 0 Å². The summed E-state index contributed by atoms with van der Waals surface area (Å²) in [6, 6.07) is 0. The molecular formula is C30H62. The van der Waals surface area contributed by atoms with Gasteiger partial charge >= 0.3 is 0 Å². The van der Waals surface area contributed by atoms with Gasteiger partial charge in [-0.2, -0.15) is 0 Å². The van der Waals surface area contributed by atoms with E-state index >= 15 is 0 Å². The van der Waals surface area contributed by atoms with Gasteiger partial charge in [0.1, 0.15) is 0 Å². The van der Waals surface area contributed by atoms with Crippen LogP contribution in [0.3, 0.4) is 0 Å². The van der Waals surface area contributed by atoms with Crippen LogP contribution in [0.4, 0.5) is 0 Å². The van der Waals surface area contributed by atoms with E-state index in [1.165, 1.54) is 154 Å². The fraction of sp³-hybridized carbons (Fsp3) is 1.00. The Bertz CT molecular complexity index is 294. The summed E-state index contributed by atoms with van der Waals surface area (Å²) in [6.45, 7) is 9.60. The second kappa shape index (κ2) is 25.3. The summed E-state index contributed by atoms with van der Waals surface area (Å²) in [5, 5.41) is 0. The van der Waals surface area contributed by atoms with Gasteiger partial charge in [0.05, 0.1) is 0 Å². The Labute approximate surface area is 193 Å². The quantitative estimate of drug-likeness (QED) is 0.128. The maximum absolute atomic E-state index is 2.50. The molecule has 0 spiro atoms. The topological polar surface area (TPSA) is 0 Å². The lowest BCUT2D eigenvalue weighted by atomic mass is 9.94. The molecule has 0 bridgehead atoms. The van der Waals surface area contributed by atoms with E-state index in [4.69, 9.17) is 0 Å². The summed E-state index contributed by atoms with van der Waals surface area (Å²) in [5.74, 6) is 1.93. The molecule has 0 aromatic carbocycles. The Balaban J connectivity index is 3.25. The monoisotopic (exact) mass is 422 g/mol. The molecule has 0 aromatic heterocycles. The highest BCUT2D eigenvalue weighted by Gasteiger charge is 2.04. The average Bonchev–Trinajstić information content (AvgIpc) is 2.74. The van der Waals surface area contributed by atoms with E-state index in [2.05, 4.69) is 27.7 Å². The molecule has 0 saturated heterocycles. The van der Waals surface area contributed by atoms with Gasteiger partial charge in [0, 0.05) is 0 Å². The predicted octanol–water partition coefficient (Wildman–Crippen LogP) is 11.7. The van der Waals surface area contributed by atoms with Crippen LogP contribution in [0.1, 0.15) is 182 Å². The van der Waals surface area contributed by atoms with Gasteiger partial charge in [0.2, 0.25) is 0 Å². The smallest absolute Gasteiger partial charge is 0.0443 e. The van der Waals surface area contributed by atoms with Gasteiger partial charge in [-0.15, -0.1) is 0 Å². The van der Waals surface area contributed by atoms with E-state index in [-0.39, 0.29) is 0 Å². The first-order valence-electron chi connectivity index (χ1n) is 14.7. The van der Waals surface area contributed by atoms with Crippen LogP contribution in [0.25, 0.3) is 0 Å². The molecule has 0 radical (unpaired) electrons. The van der Waals surface area contributed by atoms with Crippen molar-refractivity contribution < 1.29 is 0 Å². The largest absolute Gasteiger partial charge is 0.0654 e. The van der Waals surface area contributed by atoms with E-state index in [9.17, 15) is 0 Å². The Morgan fingerprint density at radius 1 is 0.300 bits per heavy atom. The summed E-state index contributed by atoms with van der Waals surface area (Å²) in [7, 11) is 0. The fourth-order valence-corrected chi connectivity index (χ4v) is 4.88. The van der Waals surface area contributed by atoms with Crippen LogP contribution in [-0.4, -0.2) is 0 Å². The van der Waals surface area contributed by atoms with Gasteiger partial charge in [-0.1, -0.05) is 182 Å². The first-order valence-corrected chi connectivity index (χ1v) is 14.7. The molecule has 0 heterocycles. The van der Waals surface area contributed by atoms with Gasteiger partial charge in [-0.3, -0.25) is 0 Å². The lowest BCUT2D eigenvalue weighted by Crippen LogP contribution is -1.97. The zero-order valence-corrected chi connectivity index (χ0v) is 22.1. The molecule has 0 saturated carbocycles. The van der Waals surface area contributed by atoms with Crippen LogP contribution in [0, 0.1) is 11.8 Å². The number of hydrogen-bond donors (Lipinski definition) is 0. The van der Waals surface area contributed by atoms with Crippen molar-refractivity contribution >= 4 is 0 Å². The van der Waals surface area contributed by atoms with Gasteiger partial charge in [-0.25, -0.2) is 0 Å². The van der Waals surface area contributed by atoms with Crippen molar-refractivity contribution in [2.75, 3.05) is 0 Å². The molecule has 0 aromatic rings. The molecule has 0 nitrogen and oxygen atoms in total. The van der Waals surface area contributed by atoms with Crippen LogP contribution in [0.15, 0.2) is 0 Å². The molecule has 0 amide bonds. The molecule has 30 heavy (non-hydrogen) atoms. The lowest BCUT2D eigenvalue weighted by molar-refractivity contribution is 0.412. The minimum absolute atomic E-state index is 0.964. The van der Waals surface area contributed by atoms with Crippen molar-refractivity contribution in [1.82, 2.24) is 0 Å². The molecule has 0 aliphatic rings. The van der Waals surface area contributed by atoms with Crippen molar-refractivity contribution in [3.8, 4) is 0 Å². The molecule has 0 aliphatic carbocycles. The lowest BCUT2D eigenvalue weighted by Gasteiger charge is -2.12. The number of hydrogen-bond acceptors (Lipinski definition) is 0. The van der Waals surface area contributed by atoms with Crippen LogP contribution < -0.4 is 0 Å². The van der Waals surface area contributed by atoms with Crippen molar-refractivity contribution in [2.45, 2.75) is 182 Å². The summed E-state index contributed by atoms with van der Waals surface area (Å²) in [5.41, 5.74) is 0. The highest BCUT2D eigenvalue weighted by molar-refractivity contribution is 4.58. The van der Waals surface area contributed by atoms with Crippen LogP contribution >= 0.6 is 0 Å². The number of unbranched alkanes of at least 4 members (excludes halogenated alkanes) is 17. The van der Waals surface area contributed by atoms with E-state index in [1.54, 1.807) is 0 Å². The van der Waals surface area contributed by atoms with Crippen LogP contribution in [0.2, 0.25) is 0 Å². The summed E-state index contributed by atoms with van der Waals surface area (Å²) >= 11 is 0. The normalized spacial score (nSPS) is 13.6. The SMILES string of the molecule is CCCCCCCCCCCC(C)CCCCCCC(C)CCCCCCCCC. The molecular weight excluding hydrogens is 360 g/mol. The van der Waals surface area contributed by atoms with Crippen LogP contribution in [0.5, 0.6) is 0 Å². The Hall–Kier alpha value is 0. The van der Waals surface area contributed by atoms with Gasteiger partial charge in [-0.05, 0) is 11.8 Å². The molecule has 0 aliphatic heterocycles. The van der Waals surface area contributed by atoms with Gasteiger partial charge in [0.15, 0.2) is 0 Å². The zero-order chi connectivity index (χ0) is 22.1. The molecule has 2 unspecified atom stereocenters. The first-order chi connectivity index (χ1) is 14.7. The average molecular weight is 423 g/mol. The van der Waals surface area contributed by atoms with Crippen molar-refractivity contribution in [3.05, 3.63) is 0 Å². The minimum Gasteiger partial charge on any atom is -0.0654 e. The Morgan fingerprint density at radius 2 is 0.500 bits per heavy atom. The van der Waals surface area contributed by atoms with E-state index in [0.717, 1.165) is 11.8 Å². The highest BCUT2D eigenvalue weighted by atomic mass is 14.1. The maximum atomic E-state index is 2.50. The predicted molar refractivity (Wildman–Crippen MR) is 140 cm³/mol. The molecule has 182 valence electrons. The van der Waals surface area contributed by atoms with Gasteiger partial charge < -0.3 is 0 Å². The summed E-state index contributed by atoms with van der Waals surface area (Å²) in [4.78, 5) is 0. The second-order valence-corrected chi connectivity index (χ2v) is 10.7. The van der Waals surface area contributed by atoms with E-state index in [0.29, 0.717) is 0 Å². The molecule has 0 fully saturated rings. The maximum Gasteiger partial charge on any atom is -0.0443 e. The highest BCUT2D eigenvalue weighted by Crippen LogP contribution is 2.21. The van der Waals surface area contributed by atoms with Crippen molar-refractivity contribution in [1.29, 1.82) is 0 Å². The standard InChI is InChI=1S/C30H62/c1-5-7-9-11-13-14-16-18-22-26-30(4)28-24-20-19-23-27-29(3)25-21-17-15-12-10-8-6-2/h29-30H,5-28H2,1-4H3.